The molecule has 0 bridgehead atoms. The molecular formula is C20H29N3O2S. The van der Waals surface area contributed by atoms with Gasteiger partial charge in [-0.1, -0.05) is 50.3 Å². The molecule has 2 fully saturated rings. The van der Waals surface area contributed by atoms with Gasteiger partial charge in [0.15, 0.2) is 0 Å². The molecule has 0 radical (unpaired) electrons. The molecule has 1 aliphatic carbocycles. The summed E-state index contributed by atoms with van der Waals surface area (Å²) in [6, 6.07) is 8.38. The van der Waals surface area contributed by atoms with Gasteiger partial charge in [-0.25, -0.2) is 4.31 Å². The Balaban J connectivity index is 1.46. The van der Waals surface area contributed by atoms with E-state index in [-0.39, 0.29) is 6.04 Å². The van der Waals surface area contributed by atoms with E-state index in [1.807, 2.05) is 24.3 Å². The number of hydrogen-bond donors (Lipinski definition) is 0. The smallest absolute Gasteiger partial charge is 0.300 e. The highest BCUT2D eigenvalue weighted by Crippen LogP contribution is 2.33. The van der Waals surface area contributed by atoms with Crippen LogP contribution in [0.15, 0.2) is 28.7 Å². The lowest BCUT2D eigenvalue weighted by Gasteiger charge is -2.42. The second-order valence-electron chi connectivity index (χ2n) is 7.83. The van der Waals surface area contributed by atoms with Crippen molar-refractivity contribution in [1.82, 2.24) is 4.90 Å². The summed E-state index contributed by atoms with van der Waals surface area (Å²) in [5.74, 6) is 0. The largest absolute Gasteiger partial charge is 0.344 e. The Morgan fingerprint density at radius 3 is 2.23 bits per heavy atom. The fraction of sp³-hybridized carbons (Fsp3) is 0.650. The number of fused-ring (bicyclic) bond motifs is 1. The third-order valence-corrected chi connectivity index (χ3v) is 7.53. The molecule has 1 aromatic rings. The molecule has 0 atom stereocenters. The molecule has 3 aliphatic rings. The zero-order valence-corrected chi connectivity index (χ0v) is 16.2. The van der Waals surface area contributed by atoms with E-state index < -0.39 is 10.2 Å². The summed E-state index contributed by atoms with van der Waals surface area (Å²) in [7, 11) is -3.61. The lowest BCUT2D eigenvalue weighted by Crippen LogP contribution is -2.50. The topological polar surface area (TPSA) is 53.0 Å². The monoisotopic (exact) mass is 375 g/mol. The summed E-state index contributed by atoms with van der Waals surface area (Å²) >= 11 is 0. The Labute approximate surface area is 157 Å². The van der Waals surface area contributed by atoms with Crippen LogP contribution in [0.25, 0.3) is 0 Å². The van der Waals surface area contributed by atoms with Crippen LogP contribution in [0.3, 0.4) is 0 Å². The second kappa shape index (κ2) is 7.69. The van der Waals surface area contributed by atoms with E-state index in [1.54, 1.807) is 4.31 Å². The van der Waals surface area contributed by atoms with Crippen molar-refractivity contribution in [3.8, 4) is 0 Å². The van der Waals surface area contributed by atoms with Gasteiger partial charge < -0.3 is 4.90 Å². The van der Waals surface area contributed by atoms with Crippen LogP contribution >= 0.6 is 0 Å². The number of likely N-dealkylation sites (tertiary alicyclic amines) is 1. The van der Waals surface area contributed by atoms with E-state index in [1.165, 1.54) is 51.2 Å². The quantitative estimate of drug-likeness (QED) is 0.791. The highest BCUT2D eigenvalue weighted by molar-refractivity contribution is 7.91. The van der Waals surface area contributed by atoms with Gasteiger partial charge in [-0.3, -0.25) is 0 Å². The fourth-order valence-corrected chi connectivity index (χ4v) is 6.12. The van der Waals surface area contributed by atoms with Crippen LogP contribution in [0.5, 0.6) is 0 Å². The lowest BCUT2D eigenvalue weighted by molar-refractivity contribution is 0.131. The highest BCUT2D eigenvalue weighted by atomic mass is 32.2. The average molecular weight is 376 g/mol. The molecule has 0 unspecified atom stereocenters. The van der Waals surface area contributed by atoms with E-state index >= 15 is 0 Å². The van der Waals surface area contributed by atoms with Gasteiger partial charge in [0.1, 0.15) is 0 Å². The average Bonchev–Trinajstić information content (AvgIpc) is 2.61. The summed E-state index contributed by atoms with van der Waals surface area (Å²) in [4.78, 5) is 2.62. The summed E-state index contributed by atoms with van der Waals surface area (Å²) < 4.78 is 30.7. The van der Waals surface area contributed by atoms with Crippen LogP contribution in [0, 0.1) is 0 Å². The Hall–Kier alpha value is -1.40. The number of benzene rings is 1. The molecule has 1 saturated carbocycles. The van der Waals surface area contributed by atoms with Gasteiger partial charge in [0.25, 0.3) is 0 Å². The lowest BCUT2D eigenvalue weighted by atomic mass is 9.93. The van der Waals surface area contributed by atoms with E-state index in [4.69, 9.17) is 0 Å². The van der Waals surface area contributed by atoms with E-state index in [2.05, 4.69) is 9.30 Å². The molecule has 5 nitrogen and oxygen atoms in total. The Morgan fingerprint density at radius 2 is 1.50 bits per heavy atom. The van der Waals surface area contributed by atoms with Crippen molar-refractivity contribution in [2.75, 3.05) is 17.4 Å². The van der Waals surface area contributed by atoms with Gasteiger partial charge in [0.05, 0.1) is 11.9 Å². The SMILES string of the molecule is O=S1(=O)N=Cc2ccccc2N1C1CCN(C2CCCCCCC2)CC1. The third kappa shape index (κ3) is 3.67. The fourth-order valence-electron chi connectivity index (χ4n) is 4.77. The van der Waals surface area contributed by atoms with Gasteiger partial charge in [0.2, 0.25) is 0 Å². The van der Waals surface area contributed by atoms with Crippen LogP contribution in [-0.4, -0.2) is 44.7 Å². The number of nitrogens with zero attached hydrogens (tertiary/aromatic N) is 3. The number of piperidine rings is 1. The molecule has 4 rings (SSSR count). The minimum atomic E-state index is -3.61. The zero-order valence-electron chi connectivity index (χ0n) is 15.4. The maximum Gasteiger partial charge on any atom is 0.344 e. The number of hydrogen-bond acceptors (Lipinski definition) is 3. The molecule has 2 heterocycles. The molecule has 0 N–H and O–H groups in total. The number of rotatable bonds is 2. The van der Waals surface area contributed by atoms with E-state index in [0.717, 1.165) is 37.2 Å². The Bertz CT molecular complexity index is 746. The molecule has 0 spiro atoms. The van der Waals surface area contributed by atoms with Gasteiger partial charge in [-0.05, 0) is 31.7 Å². The summed E-state index contributed by atoms with van der Waals surface area (Å²) in [6.45, 7) is 1.99. The first-order valence-electron chi connectivity index (χ1n) is 10.1. The minimum absolute atomic E-state index is 0.0170. The van der Waals surface area contributed by atoms with Gasteiger partial charge in [0, 0.05) is 30.7 Å². The first kappa shape index (κ1) is 18.0. The van der Waals surface area contributed by atoms with Crippen LogP contribution in [0.4, 0.5) is 5.69 Å². The molecular weight excluding hydrogens is 346 g/mol. The Morgan fingerprint density at radius 1 is 0.846 bits per heavy atom. The van der Waals surface area contributed by atoms with Crippen molar-refractivity contribution in [2.24, 2.45) is 4.40 Å². The molecule has 1 aromatic carbocycles. The van der Waals surface area contributed by atoms with E-state index in [0.29, 0.717) is 6.04 Å². The molecule has 0 aromatic heterocycles. The predicted octanol–water partition coefficient (Wildman–Crippen LogP) is 3.75. The second-order valence-corrected chi connectivity index (χ2v) is 9.33. The van der Waals surface area contributed by atoms with E-state index in [9.17, 15) is 8.42 Å². The molecule has 2 aliphatic heterocycles. The normalized spacial score (nSPS) is 25.5. The highest BCUT2D eigenvalue weighted by Gasteiger charge is 2.36. The Kier molecular flexibility index (Phi) is 5.32. The van der Waals surface area contributed by atoms with Crippen molar-refractivity contribution < 1.29 is 8.42 Å². The van der Waals surface area contributed by atoms with Crippen LogP contribution in [0.2, 0.25) is 0 Å². The maximum atomic E-state index is 12.6. The predicted molar refractivity (Wildman–Crippen MR) is 106 cm³/mol. The van der Waals surface area contributed by atoms with Crippen LogP contribution < -0.4 is 4.31 Å². The summed E-state index contributed by atoms with van der Waals surface area (Å²) in [5.41, 5.74) is 1.68. The molecule has 142 valence electrons. The van der Waals surface area contributed by atoms with Crippen molar-refractivity contribution in [3.63, 3.8) is 0 Å². The first-order chi connectivity index (χ1) is 12.6. The maximum absolute atomic E-state index is 12.6. The van der Waals surface area contributed by atoms with Crippen molar-refractivity contribution in [2.45, 2.75) is 69.9 Å². The van der Waals surface area contributed by atoms with Crippen molar-refractivity contribution >= 4 is 22.1 Å². The third-order valence-electron chi connectivity index (χ3n) is 6.17. The molecule has 26 heavy (non-hydrogen) atoms. The van der Waals surface area contributed by atoms with Crippen molar-refractivity contribution in [3.05, 3.63) is 29.8 Å². The molecule has 0 amide bonds. The standard InChI is InChI=1S/C20H29N3O2S/c24-26(25)21-16-17-8-6-7-11-20(17)23(26)19-12-14-22(15-13-19)18-9-4-2-1-3-5-10-18/h6-8,11,16,18-19H,1-5,9-10,12-15H2. The summed E-state index contributed by atoms with van der Waals surface area (Å²) in [5, 5.41) is 0. The number of para-hydroxylation sites is 1. The minimum Gasteiger partial charge on any atom is -0.300 e. The van der Waals surface area contributed by atoms with Gasteiger partial charge in [-0.15, -0.1) is 0 Å². The number of anilines is 1. The van der Waals surface area contributed by atoms with Crippen LogP contribution in [0.1, 0.15) is 63.4 Å². The van der Waals surface area contributed by atoms with Crippen LogP contribution in [-0.2, 0) is 10.2 Å². The van der Waals surface area contributed by atoms with Gasteiger partial charge in [-0.2, -0.15) is 12.8 Å². The zero-order chi connectivity index (χ0) is 18.0. The molecule has 6 heteroatoms. The van der Waals surface area contributed by atoms with Crippen molar-refractivity contribution in [1.29, 1.82) is 0 Å². The first-order valence-corrected chi connectivity index (χ1v) is 11.5. The summed E-state index contributed by atoms with van der Waals surface area (Å²) in [6.07, 6.45) is 12.7. The molecule has 1 saturated heterocycles. The van der Waals surface area contributed by atoms with Gasteiger partial charge >= 0.3 is 10.2 Å².